The Morgan fingerprint density at radius 1 is 1.08 bits per heavy atom. The molecule has 0 atom stereocenters. The van der Waals surface area contributed by atoms with E-state index >= 15 is 0 Å². The largest absolute Gasteiger partial charge is 0.276 e. The summed E-state index contributed by atoms with van der Waals surface area (Å²) in [5, 5.41) is 0. The molecule has 0 aliphatic heterocycles. The molecule has 0 aromatic carbocycles. The van der Waals surface area contributed by atoms with Crippen LogP contribution in [-0.2, 0) is 4.57 Å². The van der Waals surface area contributed by atoms with E-state index in [-0.39, 0.29) is 0 Å². The van der Waals surface area contributed by atoms with E-state index in [9.17, 15) is 4.57 Å². The molecule has 0 amide bonds. The van der Waals surface area contributed by atoms with Crippen molar-refractivity contribution in [2.75, 3.05) is 13.1 Å². The molecule has 0 bridgehead atoms. The van der Waals surface area contributed by atoms with Gasteiger partial charge in [-0.15, -0.1) is 0 Å². The summed E-state index contributed by atoms with van der Waals surface area (Å²) >= 11 is 0. The fourth-order valence-corrected chi connectivity index (χ4v) is 2.01. The van der Waals surface area contributed by atoms with E-state index in [2.05, 4.69) is 13.8 Å². The van der Waals surface area contributed by atoms with Gasteiger partial charge < -0.3 is 0 Å². The summed E-state index contributed by atoms with van der Waals surface area (Å²) in [6, 6.07) is 0. The van der Waals surface area contributed by atoms with Crippen molar-refractivity contribution in [1.82, 2.24) is 4.67 Å². The Morgan fingerprint density at radius 2 is 1.46 bits per heavy atom. The van der Waals surface area contributed by atoms with Crippen LogP contribution < -0.4 is 11.0 Å². The first-order valence-corrected chi connectivity index (χ1v) is 6.74. The van der Waals surface area contributed by atoms with Crippen molar-refractivity contribution in [3.63, 3.8) is 0 Å². The average molecular weight is 207 g/mol. The summed E-state index contributed by atoms with van der Waals surface area (Å²) in [4.78, 5) is 0. The second-order valence-electron chi connectivity index (χ2n) is 3.33. The third-order valence-corrected chi connectivity index (χ3v) is 3.27. The zero-order valence-corrected chi connectivity index (χ0v) is 9.59. The molecule has 4 nitrogen and oxygen atoms in total. The molecular weight excluding hydrogens is 185 g/mol. The molecule has 0 heterocycles. The van der Waals surface area contributed by atoms with Crippen molar-refractivity contribution in [1.29, 1.82) is 0 Å². The van der Waals surface area contributed by atoms with Gasteiger partial charge in [-0.05, 0) is 12.8 Å². The second kappa shape index (κ2) is 6.55. The number of nitrogens with zero attached hydrogens (tertiary/aromatic N) is 1. The van der Waals surface area contributed by atoms with Crippen LogP contribution in [0.25, 0.3) is 0 Å². The van der Waals surface area contributed by atoms with E-state index in [0.717, 1.165) is 38.8 Å². The highest BCUT2D eigenvalue weighted by Crippen LogP contribution is 2.31. The third kappa shape index (κ3) is 6.22. The molecule has 0 aromatic heterocycles. The fourth-order valence-electron chi connectivity index (χ4n) is 1.11. The first kappa shape index (κ1) is 13.1. The van der Waals surface area contributed by atoms with E-state index in [1.807, 2.05) is 0 Å². The zero-order valence-electron chi connectivity index (χ0n) is 8.70. The topological polar surface area (TPSA) is 72.3 Å². The summed E-state index contributed by atoms with van der Waals surface area (Å²) < 4.78 is 13.1. The number of hydrogen-bond donors (Lipinski definition) is 2. The molecular formula is C8H22N3OP. The van der Waals surface area contributed by atoms with Crippen molar-refractivity contribution >= 4 is 7.59 Å². The molecule has 4 N–H and O–H groups in total. The molecule has 0 saturated carbocycles. The van der Waals surface area contributed by atoms with Gasteiger partial charge in [0.15, 0.2) is 0 Å². The Labute approximate surface area is 81.2 Å². The van der Waals surface area contributed by atoms with Crippen molar-refractivity contribution in [2.24, 2.45) is 11.0 Å². The van der Waals surface area contributed by atoms with Crippen LogP contribution in [0.15, 0.2) is 0 Å². The molecule has 0 aliphatic rings. The molecule has 13 heavy (non-hydrogen) atoms. The molecule has 0 spiro atoms. The summed E-state index contributed by atoms with van der Waals surface area (Å²) in [6.07, 6.45) is 4.15. The summed E-state index contributed by atoms with van der Waals surface area (Å²) in [5.41, 5.74) is 10.8. The predicted molar refractivity (Wildman–Crippen MR) is 57.4 cm³/mol. The van der Waals surface area contributed by atoms with Crippen molar-refractivity contribution in [2.45, 2.75) is 39.5 Å². The summed E-state index contributed by atoms with van der Waals surface area (Å²) in [5.74, 6) is 0. The van der Waals surface area contributed by atoms with Crippen LogP contribution in [0.1, 0.15) is 39.5 Å². The van der Waals surface area contributed by atoms with Crippen molar-refractivity contribution < 1.29 is 4.57 Å². The molecule has 80 valence electrons. The number of hydrogen-bond acceptors (Lipinski definition) is 1. The zero-order chi connectivity index (χ0) is 10.3. The Balaban J connectivity index is 3.96. The van der Waals surface area contributed by atoms with E-state index < -0.39 is 7.59 Å². The van der Waals surface area contributed by atoms with Crippen molar-refractivity contribution in [3.8, 4) is 0 Å². The first-order chi connectivity index (χ1) is 6.02. The molecule has 5 heteroatoms. The quantitative estimate of drug-likeness (QED) is 0.625. The number of unbranched alkanes of at least 4 members (excludes halogenated alkanes) is 2. The van der Waals surface area contributed by atoms with Crippen LogP contribution in [0.2, 0.25) is 0 Å². The van der Waals surface area contributed by atoms with Crippen LogP contribution in [0, 0.1) is 0 Å². The highest BCUT2D eigenvalue weighted by molar-refractivity contribution is 7.56. The van der Waals surface area contributed by atoms with Gasteiger partial charge in [0.05, 0.1) is 0 Å². The molecule has 0 saturated heterocycles. The maximum Gasteiger partial charge on any atom is 0.276 e. The van der Waals surface area contributed by atoms with E-state index in [1.54, 1.807) is 4.67 Å². The van der Waals surface area contributed by atoms with Gasteiger partial charge in [-0.25, -0.2) is 4.67 Å². The average Bonchev–Trinajstić information content (AvgIpc) is 2.02. The molecule has 0 aliphatic carbocycles. The summed E-state index contributed by atoms with van der Waals surface area (Å²) in [6.45, 7) is 5.69. The van der Waals surface area contributed by atoms with E-state index in [4.69, 9.17) is 11.0 Å². The van der Waals surface area contributed by atoms with Crippen LogP contribution in [0.4, 0.5) is 0 Å². The second-order valence-corrected chi connectivity index (χ2v) is 5.24. The minimum absolute atomic E-state index is 0.751. The minimum Gasteiger partial charge on any atom is -0.271 e. The lowest BCUT2D eigenvalue weighted by atomic mass is 10.3. The molecule has 0 radical (unpaired) electrons. The molecule has 0 rings (SSSR count). The molecule has 0 fully saturated rings. The van der Waals surface area contributed by atoms with Gasteiger partial charge in [-0.1, -0.05) is 26.7 Å². The Bertz CT molecular complexity index is 161. The molecule has 0 unspecified atom stereocenters. The van der Waals surface area contributed by atoms with Gasteiger partial charge in [-0.3, -0.25) is 15.6 Å². The predicted octanol–water partition coefficient (Wildman–Crippen LogP) is 1.91. The van der Waals surface area contributed by atoms with Gasteiger partial charge >= 0.3 is 0 Å². The van der Waals surface area contributed by atoms with Gasteiger partial charge in [0.25, 0.3) is 7.59 Å². The summed E-state index contributed by atoms with van der Waals surface area (Å²) in [7, 11) is -3.00. The van der Waals surface area contributed by atoms with Gasteiger partial charge in [0, 0.05) is 13.1 Å². The van der Waals surface area contributed by atoms with Crippen LogP contribution in [-0.4, -0.2) is 17.8 Å². The van der Waals surface area contributed by atoms with E-state index in [1.165, 1.54) is 0 Å². The maximum absolute atomic E-state index is 11.4. The van der Waals surface area contributed by atoms with Gasteiger partial charge in [0.1, 0.15) is 0 Å². The van der Waals surface area contributed by atoms with Crippen molar-refractivity contribution in [3.05, 3.63) is 0 Å². The minimum atomic E-state index is -3.00. The maximum atomic E-state index is 11.4. The number of nitrogens with two attached hydrogens (primary N) is 2. The lowest BCUT2D eigenvalue weighted by molar-refractivity contribution is 0.393. The van der Waals surface area contributed by atoms with Crippen LogP contribution in [0.3, 0.4) is 0 Å². The highest BCUT2D eigenvalue weighted by Gasteiger charge is 2.19. The molecule has 0 aromatic rings. The van der Waals surface area contributed by atoms with Gasteiger partial charge in [-0.2, -0.15) is 0 Å². The monoisotopic (exact) mass is 207 g/mol. The fraction of sp³-hybridized carbons (Fsp3) is 1.00. The first-order valence-electron chi connectivity index (χ1n) is 4.95. The number of rotatable bonds is 7. The third-order valence-electron chi connectivity index (χ3n) is 1.98. The van der Waals surface area contributed by atoms with Crippen LogP contribution in [0.5, 0.6) is 0 Å². The highest BCUT2D eigenvalue weighted by atomic mass is 31.2. The lowest BCUT2D eigenvalue weighted by Gasteiger charge is -2.24. The van der Waals surface area contributed by atoms with Gasteiger partial charge in [0.2, 0.25) is 0 Å². The Hall–Kier alpha value is 0.110. The lowest BCUT2D eigenvalue weighted by Crippen LogP contribution is -2.30. The van der Waals surface area contributed by atoms with E-state index in [0.29, 0.717) is 0 Å². The van der Waals surface area contributed by atoms with Crippen LogP contribution >= 0.6 is 7.59 Å². The smallest absolute Gasteiger partial charge is 0.271 e. The SMILES string of the molecule is CCCCN(CCCC)P(N)(N)=O. The Kier molecular flexibility index (Phi) is 6.60. The normalized spacial score (nSPS) is 12.4. The Morgan fingerprint density at radius 3 is 1.69 bits per heavy atom. The standard InChI is InChI=1S/C8H22N3OP/c1-3-5-7-11(8-6-4-2)13(9,10)12/h3-8H2,1-2H3,(H4,9,10,12).